The first kappa shape index (κ1) is 21.3. The molecular weight excluding hydrogens is 434 g/mol. The smallest absolute Gasteiger partial charge is 0.414 e. The van der Waals surface area contributed by atoms with Gasteiger partial charge in [-0.05, 0) is 11.1 Å². The quantitative estimate of drug-likeness (QED) is 0.334. The first-order chi connectivity index (χ1) is 15.6. The van der Waals surface area contributed by atoms with E-state index in [4.69, 9.17) is 21.1 Å². The first-order valence-electron chi connectivity index (χ1n) is 9.64. The Labute approximate surface area is 188 Å². The molecule has 0 spiro atoms. The van der Waals surface area contributed by atoms with E-state index in [1.165, 1.54) is 10.9 Å². The van der Waals surface area contributed by atoms with E-state index < -0.39 is 12.1 Å². The van der Waals surface area contributed by atoms with Gasteiger partial charge in [-0.2, -0.15) is 9.97 Å². The topological polar surface area (TPSA) is 108 Å². The van der Waals surface area contributed by atoms with Gasteiger partial charge in [-0.3, -0.25) is 10.1 Å². The highest BCUT2D eigenvalue weighted by atomic mass is 35.5. The van der Waals surface area contributed by atoms with Gasteiger partial charge in [-0.1, -0.05) is 72.3 Å². The minimum absolute atomic E-state index is 0.0322. The molecule has 0 saturated carbocycles. The lowest BCUT2D eigenvalue weighted by Crippen LogP contribution is -2.17. The Bertz CT molecular complexity index is 1230. The fourth-order valence-corrected chi connectivity index (χ4v) is 3.07. The molecule has 0 unspecified atom stereocenters. The van der Waals surface area contributed by atoms with Crippen LogP contribution in [0.15, 0.2) is 67.0 Å². The molecule has 162 valence electrons. The minimum atomic E-state index is -0.738. The highest BCUT2D eigenvalue weighted by Crippen LogP contribution is 2.21. The van der Waals surface area contributed by atoms with E-state index in [2.05, 4.69) is 20.3 Å². The SMILES string of the molecule is O=C(Cn1cnc2c(Cl)nc(NC(=O)OCc3ccccc3)nc21)OCc1ccccc1. The molecule has 4 aromatic rings. The monoisotopic (exact) mass is 451 g/mol. The van der Waals surface area contributed by atoms with E-state index in [0.717, 1.165) is 11.1 Å². The number of rotatable bonds is 7. The number of imidazole rings is 1. The second-order valence-electron chi connectivity index (χ2n) is 6.72. The third-order valence-corrected chi connectivity index (χ3v) is 4.65. The van der Waals surface area contributed by atoms with Crippen LogP contribution in [-0.2, 0) is 34.0 Å². The van der Waals surface area contributed by atoms with Crippen molar-refractivity contribution in [1.29, 1.82) is 0 Å². The van der Waals surface area contributed by atoms with Crippen LogP contribution in [0.3, 0.4) is 0 Å². The maximum atomic E-state index is 12.3. The fourth-order valence-electron chi connectivity index (χ4n) is 2.85. The van der Waals surface area contributed by atoms with Crippen molar-refractivity contribution in [2.24, 2.45) is 0 Å². The summed E-state index contributed by atoms with van der Waals surface area (Å²) in [6, 6.07) is 18.6. The van der Waals surface area contributed by atoms with Crippen molar-refractivity contribution in [1.82, 2.24) is 19.5 Å². The molecule has 2 aromatic heterocycles. The minimum Gasteiger partial charge on any atom is -0.459 e. The van der Waals surface area contributed by atoms with Gasteiger partial charge in [0.05, 0.1) is 6.33 Å². The Hall–Kier alpha value is -3.98. The molecule has 0 radical (unpaired) electrons. The average Bonchev–Trinajstić information content (AvgIpc) is 3.21. The van der Waals surface area contributed by atoms with Crippen molar-refractivity contribution in [2.45, 2.75) is 19.8 Å². The molecule has 0 aliphatic carbocycles. The number of amides is 1. The molecule has 0 bridgehead atoms. The van der Waals surface area contributed by atoms with E-state index >= 15 is 0 Å². The van der Waals surface area contributed by atoms with Gasteiger partial charge in [-0.15, -0.1) is 0 Å². The molecule has 32 heavy (non-hydrogen) atoms. The zero-order valence-electron chi connectivity index (χ0n) is 16.8. The number of ether oxygens (including phenoxy) is 2. The molecular formula is C22H18ClN5O4. The van der Waals surface area contributed by atoms with Crippen molar-refractivity contribution in [3.8, 4) is 0 Å². The Kier molecular flexibility index (Phi) is 6.57. The predicted octanol–water partition coefficient (Wildman–Crippen LogP) is 3.97. The predicted molar refractivity (Wildman–Crippen MR) is 117 cm³/mol. The van der Waals surface area contributed by atoms with Gasteiger partial charge in [0.2, 0.25) is 5.95 Å². The van der Waals surface area contributed by atoms with Crippen LogP contribution in [0.4, 0.5) is 10.7 Å². The number of nitrogens with one attached hydrogen (secondary N) is 1. The number of anilines is 1. The molecule has 10 heteroatoms. The summed E-state index contributed by atoms with van der Waals surface area (Å²) in [5, 5.41) is 2.47. The van der Waals surface area contributed by atoms with E-state index in [0.29, 0.717) is 5.52 Å². The Balaban J connectivity index is 1.41. The molecule has 1 N–H and O–H groups in total. The first-order valence-corrected chi connectivity index (χ1v) is 10.0. The lowest BCUT2D eigenvalue weighted by Gasteiger charge is -2.08. The number of halogens is 1. The lowest BCUT2D eigenvalue weighted by atomic mass is 10.2. The second kappa shape index (κ2) is 9.88. The summed E-state index contributed by atoms with van der Waals surface area (Å²) in [5.41, 5.74) is 2.29. The van der Waals surface area contributed by atoms with Crippen LogP contribution in [0, 0.1) is 0 Å². The number of hydrogen-bond acceptors (Lipinski definition) is 7. The van der Waals surface area contributed by atoms with E-state index in [-0.39, 0.29) is 36.5 Å². The summed E-state index contributed by atoms with van der Waals surface area (Å²) in [5.74, 6) is -0.542. The zero-order chi connectivity index (χ0) is 22.3. The zero-order valence-corrected chi connectivity index (χ0v) is 17.5. The molecule has 0 fully saturated rings. The normalized spacial score (nSPS) is 10.7. The Morgan fingerprint density at radius 3 is 2.19 bits per heavy atom. The van der Waals surface area contributed by atoms with Gasteiger partial charge < -0.3 is 14.0 Å². The molecule has 0 aliphatic rings. The second-order valence-corrected chi connectivity index (χ2v) is 7.07. The number of esters is 1. The number of fused-ring (bicyclic) bond motifs is 1. The standard InChI is InChI=1S/C22H18ClN5O4/c23-19-18-20(26-21(25-19)27-22(30)32-13-16-9-5-2-6-10-16)28(14-24-18)11-17(29)31-12-15-7-3-1-4-8-15/h1-10,14H,11-13H2,(H,25,26,27,30). The van der Waals surface area contributed by atoms with Crippen LogP contribution in [0.5, 0.6) is 0 Å². The van der Waals surface area contributed by atoms with Crippen molar-refractivity contribution in [2.75, 3.05) is 5.32 Å². The van der Waals surface area contributed by atoms with E-state index in [1.54, 1.807) is 0 Å². The van der Waals surface area contributed by atoms with Gasteiger partial charge in [0.25, 0.3) is 0 Å². The van der Waals surface area contributed by atoms with Crippen LogP contribution in [-0.4, -0.2) is 31.6 Å². The van der Waals surface area contributed by atoms with Gasteiger partial charge in [0.1, 0.15) is 25.3 Å². The third-order valence-electron chi connectivity index (χ3n) is 4.39. The van der Waals surface area contributed by atoms with Crippen molar-refractivity contribution < 1.29 is 19.1 Å². The molecule has 2 heterocycles. The lowest BCUT2D eigenvalue weighted by molar-refractivity contribution is -0.145. The van der Waals surface area contributed by atoms with Gasteiger partial charge in [0.15, 0.2) is 10.8 Å². The fraction of sp³-hybridized carbons (Fsp3) is 0.136. The number of benzene rings is 2. The molecule has 0 aliphatic heterocycles. The van der Waals surface area contributed by atoms with Crippen LogP contribution in [0.25, 0.3) is 11.2 Å². The average molecular weight is 452 g/mol. The Morgan fingerprint density at radius 1 is 0.906 bits per heavy atom. The number of carbonyl (C=O) groups excluding carboxylic acids is 2. The summed E-state index contributed by atoms with van der Waals surface area (Å²) < 4.78 is 11.9. The van der Waals surface area contributed by atoms with Crippen LogP contribution >= 0.6 is 11.6 Å². The third kappa shape index (κ3) is 5.38. The van der Waals surface area contributed by atoms with Gasteiger partial charge >= 0.3 is 12.1 Å². The highest BCUT2D eigenvalue weighted by molar-refractivity contribution is 6.33. The van der Waals surface area contributed by atoms with E-state index in [1.807, 2.05) is 60.7 Å². The molecule has 2 aromatic carbocycles. The summed E-state index contributed by atoms with van der Waals surface area (Å²) in [4.78, 5) is 36.8. The van der Waals surface area contributed by atoms with E-state index in [9.17, 15) is 9.59 Å². The van der Waals surface area contributed by atoms with Gasteiger partial charge in [-0.25, -0.2) is 9.78 Å². The van der Waals surface area contributed by atoms with Crippen LogP contribution < -0.4 is 5.32 Å². The number of carbonyl (C=O) groups is 2. The maximum Gasteiger partial charge on any atom is 0.414 e. The number of hydrogen-bond donors (Lipinski definition) is 1. The summed E-state index contributed by atoms with van der Waals surface area (Å²) in [6.45, 7) is 0.116. The van der Waals surface area contributed by atoms with Crippen LogP contribution in [0.1, 0.15) is 11.1 Å². The molecule has 0 saturated heterocycles. The molecule has 1 amide bonds. The van der Waals surface area contributed by atoms with Crippen LogP contribution in [0.2, 0.25) is 5.15 Å². The molecule has 0 atom stereocenters. The highest BCUT2D eigenvalue weighted by Gasteiger charge is 2.16. The Morgan fingerprint density at radius 2 is 1.53 bits per heavy atom. The van der Waals surface area contributed by atoms with Crippen molar-refractivity contribution in [3.63, 3.8) is 0 Å². The molecule has 4 rings (SSSR count). The number of nitrogens with zero attached hydrogens (tertiary/aromatic N) is 4. The maximum absolute atomic E-state index is 12.3. The summed E-state index contributed by atoms with van der Waals surface area (Å²) in [7, 11) is 0. The number of aromatic nitrogens is 4. The van der Waals surface area contributed by atoms with Crippen molar-refractivity contribution in [3.05, 3.63) is 83.3 Å². The summed E-state index contributed by atoms with van der Waals surface area (Å²) >= 11 is 6.17. The van der Waals surface area contributed by atoms with Gasteiger partial charge in [0, 0.05) is 0 Å². The molecule has 9 nitrogen and oxygen atoms in total. The van der Waals surface area contributed by atoms with Crippen molar-refractivity contribution >= 4 is 40.8 Å². The largest absolute Gasteiger partial charge is 0.459 e. The summed E-state index contributed by atoms with van der Waals surface area (Å²) in [6.07, 6.45) is 0.671.